The van der Waals surface area contributed by atoms with Crippen molar-refractivity contribution in [1.82, 2.24) is 19.7 Å². The van der Waals surface area contributed by atoms with Crippen LogP contribution >= 0.6 is 12.2 Å². The first-order chi connectivity index (χ1) is 6.11. The molecular formula is C7H15N5S. The molecule has 6 heteroatoms. The van der Waals surface area contributed by atoms with E-state index in [0.29, 0.717) is 10.7 Å². The first-order valence-corrected chi connectivity index (χ1v) is 4.57. The number of nitrogens with zero attached hydrogens (tertiary/aromatic N) is 3. The van der Waals surface area contributed by atoms with E-state index in [4.69, 9.17) is 18.0 Å². The summed E-state index contributed by atoms with van der Waals surface area (Å²) in [6.07, 6.45) is 1.02. The lowest BCUT2D eigenvalue weighted by atomic mass is 10.4. The molecule has 0 bridgehead atoms. The molecule has 0 saturated carbocycles. The zero-order valence-corrected chi connectivity index (χ0v) is 8.77. The van der Waals surface area contributed by atoms with Crippen molar-refractivity contribution < 1.29 is 0 Å². The van der Waals surface area contributed by atoms with E-state index in [1.807, 2.05) is 14.1 Å². The topological polar surface area (TPSA) is 62.9 Å². The van der Waals surface area contributed by atoms with E-state index in [1.165, 1.54) is 0 Å². The van der Waals surface area contributed by atoms with Crippen molar-refractivity contribution in [2.45, 2.75) is 13.0 Å². The molecule has 0 aliphatic heterocycles. The van der Waals surface area contributed by atoms with E-state index >= 15 is 0 Å². The summed E-state index contributed by atoms with van der Waals surface area (Å²) in [4.78, 5) is 2.12. The SMILES string of the molecule is CN(C)CCCn1c(N)n[nH]c1=S. The highest BCUT2D eigenvalue weighted by Gasteiger charge is 2.00. The van der Waals surface area contributed by atoms with Crippen molar-refractivity contribution in [3.05, 3.63) is 4.77 Å². The summed E-state index contributed by atoms with van der Waals surface area (Å²) in [7, 11) is 4.08. The normalized spacial score (nSPS) is 11.0. The van der Waals surface area contributed by atoms with Crippen molar-refractivity contribution in [2.75, 3.05) is 26.4 Å². The lowest BCUT2D eigenvalue weighted by Gasteiger charge is -2.09. The molecule has 0 amide bonds. The lowest BCUT2D eigenvalue weighted by Crippen LogP contribution is -2.15. The van der Waals surface area contributed by atoms with Gasteiger partial charge < -0.3 is 10.6 Å². The van der Waals surface area contributed by atoms with Crippen LogP contribution in [0.1, 0.15) is 6.42 Å². The Hall–Kier alpha value is -0.880. The van der Waals surface area contributed by atoms with Gasteiger partial charge in [-0.25, -0.2) is 5.10 Å². The Bertz CT molecular complexity index is 313. The summed E-state index contributed by atoms with van der Waals surface area (Å²) in [6, 6.07) is 0. The zero-order valence-electron chi connectivity index (χ0n) is 7.95. The molecule has 0 unspecified atom stereocenters. The van der Waals surface area contributed by atoms with E-state index in [1.54, 1.807) is 4.57 Å². The van der Waals surface area contributed by atoms with Crippen LogP contribution in [0.4, 0.5) is 5.95 Å². The predicted molar refractivity (Wildman–Crippen MR) is 55.0 cm³/mol. The van der Waals surface area contributed by atoms with Crippen molar-refractivity contribution >= 4 is 18.2 Å². The number of aromatic amines is 1. The van der Waals surface area contributed by atoms with Crippen molar-refractivity contribution in [2.24, 2.45) is 0 Å². The Morgan fingerprint density at radius 1 is 1.62 bits per heavy atom. The highest BCUT2D eigenvalue weighted by atomic mass is 32.1. The third kappa shape index (κ3) is 2.82. The highest BCUT2D eigenvalue weighted by Crippen LogP contribution is 2.00. The monoisotopic (exact) mass is 201 g/mol. The number of anilines is 1. The van der Waals surface area contributed by atoms with Gasteiger partial charge in [-0.1, -0.05) is 0 Å². The van der Waals surface area contributed by atoms with Crippen molar-refractivity contribution in [1.29, 1.82) is 0 Å². The summed E-state index contributed by atoms with van der Waals surface area (Å²) in [5, 5.41) is 6.48. The molecular weight excluding hydrogens is 186 g/mol. The fraction of sp³-hybridized carbons (Fsp3) is 0.714. The van der Waals surface area contributed by atoms with E-state index in [9.17, 15) is 0 Å². The first-order valence-electron chi connectivity index (χ1n) is 4.16. The number of hydrogen-bond acceptors (Lipinski definition) is 4. The number of H-pyrrole nitrogens is 1. The van der Waals surface area contributed by atoms with E-state index in [0.717, 1.165) is 19.5 Å². The first kappa shape index (κ1) is 10.2. The van der Waals surface area contributed by atoms with Crippen LogP contribution in [0, 0.1) is 4.77 Å². The average molecular weight is 201 g/mol. The molecule has 5 nitrogen and oxygen atoms in total. The van der Waals surface area contributed by atoms with Gasteiger partial charge in [-0.05, 0) is 39.3 Å². The molecule has 0 saturated heterocycles. The Morgan fingerprint density at radius 3 is 2.77 bits per heavy atom. The molecule has 1 rings (SSSR count). The smallest absolute Gasteiger partial charge is 0.220 e. The van der Waals surface area contributed by atoms with Gasteiger partial charge in [-0.3, -0.25) is 4.57 Å². The van der Waals surface area contributed by atoms with Gasteiger partial charge in [0.2, 0.25) is 5.95 Å². The standard InChI is InChI=1S/C7H15N5S/c1-11(2)4-3-5-12-6(8)9-10-7(12)13/h3-5H2,1-2H3,(H2,8,9)(H,10,13). The fourth-order valence-corrected chi connectivity index (χ4v) is 1.32. The molecule has 0 radical (unpaired) electrons. The Balaban J connectivity index is 2.50. The molecule has 1 aromatic heterocycles. The minimum absolute atomic E-state index is 0.462. The molecule has 13 heavy (non-hydrogen) atoms. The summed E-state index contributed by atoms with van der Waals surface area (Å²) >= 11 is 5.00. The summed E-state index contributed by atoms with van der Waals surface area (Å²) in [5.74, 6) is 0.462. The Kier molecular flexibility index (Phi) is 3.44. The number of nitrogen functional groups attached to an aromatic ring is 1. The number of aromatic nitrogens is 3. The summed E-state index contributed by atoms with van der Waals surface area (Å²) < 4.78 is 2.40. The fourth-order valence-electron chi connectivity index (χ4n) is 1.09. The molecule has 0 atom stereocenters. The quantitative estimate of drug-likeness (QED) is 0.695. The third-order valence-electron chi connectivity index (χ3n) is 1.77. The van der Waals surface area contributed by atoms with Gasteiger partial charge >= 0.3 is 0 Å². The number of nitrogens with one attached hydrogen (secondary N) is 1. The largest absolute Gasteiger partial charge is 0.368 e. The van der Waals surface area contributed by atoms with E-state index < -0.39 is 0 Å². The lowest BCUT2D eigenvalue weighted by molar-refractivity contribution is 0.386. The van der Waals surface area contributed by atoms with Gasteiger partial charge in [0.25, 0.3) is 0 Å². The van der Waals surface area contributed by atoms with Gasteiger partial charge in [0.05, 0.1) is 0 Å². The molecule has 1 aromatic rings. The maximum absolute atomic E-state index is 5.60. The molecule has 3 N–H and O–H groups in total. The second-order valence-corrected chi connectivity index (χ2v) is 3.58. The van der Waals surface area contributed by atoms with Crippen LogP contribution in [0.5, 0.6) is 0 Å². The molecule has 1 heterocycles. The zero-order chi connectivity index (χ0) is 9.84. The minimum Gasteiger partial charge on any atom is -0.368 e. The summed E-state index contributed by atoms with van der Waals surface area (Å²) in [6.45, 7) is 1.84. The molecule has 0 aromatic carbocycles. The van der Waals surface area contributed by atoms with Gasteiger partial charge in [-0.15, -0.1) is 5.10 Å². The van der Waals surface area contributed by atoms with Crippen LogP contribution in [-0.2, 0) is 6.54 Å². The average Bonchev–Trinajstić information content (AvgIpc) is 2.34. The van der Waals surface area contributed by atoms with Crippen LogP contribution in [0.25, 0.3) is 0 Å². The van der Waals surface area contributed by atoms with Gasteiger partial charge in [0, 0.05) is 6.54 Å². The van der Waals surface area contributed by atoms with Crippen LogP contribution < -0.4 is 5.73 Å². The maximum Gasteiger partial charge on any atom is 0.220 e. The maximum atomic E-state index is 5.60. The van der Waals surface area contributed by atoms with Gasteiger partial charge in [-0.2, -0.15) is 0 Å². The van der Waals surface area contributed by atoms with E-state index in [-0.39, 0.29) is 0 Å². The Labute approximate surface area is 82.5 Å². The second-order valence-electron chi connectivity index (χ2n) is 3.20. The van der Waals surface area contributed by atoms with Crippen molar-refractivity contribution in [3.63, 3.8) is 0 Å². The molecule has 0 fully saturated rings. The van der Waals surface area contributed by atoms with Crippen LogP contribution in [0.3, 0.4) is 0 Å². The molecule has 0 aliphatic rings. The van der Waals surface area contributed by atoms with Gasteiger partial charge in [0.15, 0.2) is 4.77 Å². The van der Waals surface area contributed by atoms with Crippen LogP contribution in [0.2, 0.25) is 0 Å². The summed E-state index contributed by atoms with van der Waals surface area (Å²) in [5.41, 5.74) is 5.60. The highest BCUT2D eigenvalue weighted by molar-refractivity contribution is 7.71. The third-order valence-corrected chi connectivity index (χ3v) is 2.09. The second kappa shape index (κ2) is 4.38. The number of hydrogen-bond donors (Lipinski definition) is 2. The van der Waals surface area contributed by atoms with Crippen molar-refractivity contribution in [3.8, 4) is 0 Å². The molecule has 0 aliphatic carbocycles. The molecule has 74 valence electrons. The molecule has 0 spiro atoms. The predicted octanol–water partition coefficient (Wildman–Crippen LogP) is 0.475. The minimum atomic E-state index is 0.462. The number of nitrogens with two attached hydrogens (primary N) is 1. The Morgan fingerprint density at radius 2 is 2.31 bits per heavy atom. The van der Waals surface area contributed by atoms with Crippen LogP contribution in [-0.4, -0.2) is 40.3 Å². The number of rotatable bonds is 4. The van der Waals surface area contributed by atoms with E-state index in [2.05, 4.69) is 15.1 Å². The van der Waals surface area contributed by atoms with Gasteiger partial charge in [0.1, 0.15) is 0 Å². The van der Waals surface area contributed by atoms with Crippen LogP contribution in [0.15, 0.2) is 0 Å².